The van der Waals surface area contributed by atoms with Gasteiger partial charge in [0.05, 0.1) is 6.10 Å². The zero-order valence-electron chi connectivity index (χ0n) is 11.3. The molecule has 2 atom stereocenters. The SMILES string of the molecule is CC(=O)NCCNC(=O)CO[C@@H]1CCC[C@@H](C)C1. The molecular formula is C13H24N2O3. The quantitative estimate of drug-likeness (QED) is 0.692. The Morgan fingerprint density at radius 1 is 1.22 bits per heavy atom. The largest absolute Gasteiger partial charge is 0.368 e. The molecule has 0 aromatic heterocycles. The van der Waals surface area contributed by atoms with Gasteiger partial charge >= 0.3 is 0 Å². The lowest BCUT2D eigenvalue weighted by Gasteiger charge is -2.26. The Labute approximate surface area is 109 Å². The van der Waals surface area contributed by atoms with E-state index in [1.165, 1.54) is 19.8 Å². The first-order valence-electron chi connectivity index (χ1n) is 6.70. The van der Waals surface area contributed by atoms with Crippen molar-refractivity contribution in [1.29, 1.82) is 0 Å². The van der Waals surface area contributed by atoms with Crippen molar-refractivity contribution < 1.29 is 14.3 Å². The highest BCUT2D eigenvalue weighted by Crippen LogP contribution is 2.25. The zero-order valence-corrected chi connectivity index (χ0v) is 11.3. The van der Waals surface area contributed by atoms with Crippen molar-refractivity contribution in [2.75, 3.05) is 19.7 Å². The van der Waals surface area contributed by atoms with Gasteiger partial charge in [0.25, 0.3) is 0 Å². The smallest absolute Gasteiger partial charge is 0.246 e. The predicted molar refractivity (Wildman–Crippen MR) is 69.1 cm³/mol. The van der Waals surface area contributed by atoms with E-state index in [9.17, 15) is 9.59 Å². The van der Waals surface area contributed by atoms with Gasteiger partial charge in [0.15, 0.2) is 0 Å². The number of hydrogen-bond acceptors (Lipinski definition) is 3. The van der Waals surface area contributed by atoms with Gasteiger partial charge in [0.1, 0.15) is 6.61 Å². The molecule has 5 nitrogen and oxygen atoms in total. The number of ether oxygens (including phenoxy) is 1. The molecule has 2 N–H and O–H groups in total. The Bertz CT molecular complexity index is 281. The molecule has 0 aliphatic heterocycles. The van der Waals surface area contributed by atoms with Gasteiger partial charge in [-0.05, 0) is 18.8 Å². The fraction of sp³-hybridized carbons (Fsp3) is 0.846. The van der Waals surface area contributed by atoms with E-state index in [1.807, 2.05) is 0 Å². The number of carbonyl (C=O) groups is 2. The van der Waals surface area contributed by atoms with Gasteiger partial charge in [-0.3, -0.25) is 9.59 Å². The number of nitrogens with one attached hydrogen (secondary N) is 2. The van der Waals surface area contributed by atoms with Crippen LogP contribution in [0.25, 0.3) is 0 Å². The van der Waals surface area contributed by atoms with Crippen molar-refractivity contribution in [1.82, 2.24) is 10.6 Å². The molecule has 5 heteroatoms. The van der Waals surface area contributed by atoms with Crippen molar-refractivity contribution in [3.8, 4) is 0 Å². The summed E-state index contributed by atoms with van der Waals surface area (Å²) in [4.78, 5) is 22.1. The van der Waals surface area contributed by atoms with E-state index in [0.717, 1.165) is 12.8 Å². The van der Waals surface area contributed by atoms with Crippen molar-refractivity contribution >= 4 is 11.8 Å². The van der Waals surface area contributed by atoms with Crippen LogP contribution in [0.1, 0.15) is 39.5 Å². The second-order valence-corrected chi connectivity index (χ2v) is 5.04. The molecule has 1 aliphatic rings. The summed E-state index contributed by atoms with van der Waals surface area (Å²) in [5.74, 6) is 0.502. The van der Waals surface area contributed by atoms with E-state index >= 15 is 0 Å². The summed E-state index contributed by atoms with van der Waals surface area (Å²) in [6, 6.07) is 0. The highest BCUT2D eigenvalue weighted by atomic mass is 16.5. The van der Waals surface area contributed by atoms with E-state index < -0.39 is 0 Å². The van der Waals surface area contributed by atoms with Crippen LogP contribution < -0.4 is 10.6 Å². The first-order valence-corrected chi connectivity index (χ1v) is 6.70. The van der Waals surface area contributed by atoms with E-state index in [-0.39, 0.29) is 24.5 Å². The highest BCUT2D eigenvalue weighted by Gasteiger charge is 2.19. The average molecular weight is 256 g/mol. The first-order chi connectivity index (χ1) is 8.58. The van der Waals surface area contributed by atoms with Crippen LogP contribution in [0.2, 0.25) is 0 Å². The minimum atomic E-state index is -0.112. The van der Waals surface area contributed by atoms with Gasteiger partial charge in [0, 0.05) is 20.0 Å². The molecule has 0 unspecified atom stereocenters. The summed E-state index contributed by atoms with van der Waals surface area (Å²) >= 11 is 0. The molecule has 2 amide bonds. The van der Waals surface area contributed by atoms with Crippen molar-refractivity contribution in [3.63, 3.8) is 0 Å². The van der Waals surface area contributed by atoms with E-state index in [1.54, 1.807) is 0 Å². The summed E-state index contributed by atoms with van der Waals surface area (Å²) in [5, 5.41) is 5.33. The van der Waals surface area contributed by atoms with Gasteiger partial charge in [-0.25, -0.2) is 0 Å². The Balaban J connectivity index is 2.04. The summed E-state index contributed by atoms with van der Waals surface area (Å²) in [5.41, 5.74) is 0. The molecule has 0 radical (unpaired) electrons. The van der Waals surface area contributed by atoms with Crippen LogP contribution in [0.4, 0.5) is 0 Å². The van der Waals surface area contributed by atoms with Crippen molar-refractivity contribution in [2.45, 2.75) is 45.6 Å². The van der Waals surface area contributed by atoms with Gasteiger partial charge in [-0.1, -0.05) is 19.8 Å². The maximum atomic E-state index is 11.5. The molecule has 0 saturated heterocycles. The van der Waals surface area contributed by atoms with Gasteiger partial charge in [-0.15, -0.1) is 0 Å². The van der Waals surface area contributed by atoms with Crippen LogP contribution in [0.3, 0.4) is 0 Å². The molecule has 1 rings (SSSR count). The fourth-order valence-corrected chi connectivity index (χ4v) is 2.21. The normalized spacial score (nSPS) is 23.4. The second kappa shape index (κ2) is 8.08. The summed E-state index contributed by atoms with van der Waals surface area (Å²) in [7, 11) is 0. The lowest BCUT2D eigenvalue weighted by molar-refractivity contribution is -0.128. The third kappa shape index (κ3) is 6.59. The van der Waals surface area contributed by atoms with Gasteiger partial charge in [-0.2, -0.15) is 0 Å². The van der Waals surface area contributed by atoms with Crippen molar-refractivity contribution in [2.24, 2.45) is 5.92 Å². The van der Waals surface area contributed by atoms with Crippen LogP contribution in [0.5, 0.6) is 0 Å². The summed E-state index contributed by atoms with van der Waals surface area (Å²) < 4.78 is 5.59. The maximum absolute atomic E-state index is 11.5. The molecule has 1 aliphatic carbocycles. The van der Waals surface area contributed by atoms with Crippen LogP contribution in [0, 0.1) is 5.92 Å². The van der Waals surface area contributed by atoms with Crippen LogP contribution >= 0.6 is 0 Å². The average Bonchev–Trinajstić information content (AvgIpc) is 2.32. The molecule has 0 spiro atoms. The molecule has 0 bridgehead atoms. The van der Waals surface area contributed by atoms with E-state index in [4.69, 9.17) is 4.74 Å². The molecule has 1 saturated carbocycles. The topological polar surface area (TPSA) is 67.4 Å². The molecule has 1 fully saturated rings. The minimum Gasteiger partial charge on any atom is -0.368 e. The number of hydrogen-bond donors (Lipinski definition) is 2. The Hall–Kier alpha value is -1.10. The number of rotatable bonds is 6. The third-order valence-electron chi connectivity index (χ3n) is 3.16. The Kier molecular flexibility index (Phi) is 6.72. The van der Waals surface area contributed by atoms with Crippen molar-refractivity contribution in [3.05, 3.63) is 0 Å². The lowest BCUT2D eigenvalue weighted by Crippen LogP contribution is -2.36. The summed E-state index contributed by atoms with van der Waals surface area (Å²) in [6.07, 6.45) is 4.80. The first kappa shape index (κ1) is 15.0. The Morgan fingerprint density at radius 2 is 1.94 bits per heavy atom. The standard InChI is InChI=1S/C13H24N2O3/c1-10-4-3-5-12(8-10)18-9-13(17)15-7-6-14-11(2)16/h10,12H,3-9H2,1-2H3,(H,14,16)(H,15,17)/t10-,12-/m1/s1. The second-order valence-electron chi connectivity index (χ2n) is 5.04. The molecule has 18 heavy (non-hydrogen) atoms. The van der Waals surface area contributed by atoms with Crippen LogP contribution in [0.15, 0.2) is 0 Å². The molecule has 0 aromatic carbocycles. The summed E-state index contributed by atoms with van der Waals surface area (Å²) in [6.45, 7) is 4.71. The molecule has 0 heterocycles. The zero-order chi connectivity index (χ0) is 13.4. The monoisotopic (exact) mass is 256 g/mol. The third-order valence-corrected chi connectivity index (χ3v) is 3.16. The minimum absolute atomic E-state index is 0.0864. The highest BCUT2D eigenvalue weighted by molar-refractivity contribution is 5.77. The predicted octanol–water partition coefficient (Wildman–Crippen LogP) is 0.834. The van der Waals surface area contributed by atoms with E-state index in [0.29, 0.717) is 19.0 Å². The number of carbonyl (C=O) groups excluding carboxylic acids is 2. The van der Waals surface area contributed by atoms with Crippen LogP contribution in [-0.4, -0.2) is 37.6 Å². The van der Waals surface area contributed by atoms with Gasteiger partial charge < -0.3 is 15.4 Å². The molecule has 104 valence electrons. The van der Waals surface area contributed by atoms with Crippen LogP contribution in [-0.2, 0) is 14.3 Å². The van der Waals surface area contributed by atoms with E-state index in [2.05, 4.69) is 17.6 Å². The van der Waals surface area contributed by atoms with Gasteiger partial charge in [0.2, 0.25) is 11.8 Å². The Morgan fingerprint density at radius 3 is 2.61 bits per heavy atom. The molecular weight excluding hydrogens is 232 g/mol. The lowest BCUT2D eigenvalue weighted by atomic mass is 9.89. The fourth-order valence-electron chi connectivity index (χ4n) is 2.21. The molecule has 0 aromatic rings. The number of amides is 2. The maximum Gasteiger partial charge on any atom is 0.246 e.